The summed E-state index contributed by atoms with van der Waals surface area (Å²) in [7, 11) is 0. The summed E-state index contributed by atoms with van der Waals surface area (Å²) in [4.78, 5) is 0. The summed E-state index contributed by atoms with van der Waals surface area (Å²) in [6.45, 7) is 9.90. The normalized spacial score (nSPS) is 12.1. The SMILES string of the molecule is CCOc1ccc(CC(C)CS)c(OCC)c1OCC. The fourth-order valence-corrected chi connectivity index (χ4v) is 2.17. The third kappa shape index (κ3) is 4.51. The number of hydrogen-bond acceptors (Lipinski definition) is 4. The Morgan fingerprint density at radius 3 is 2.10 bits per heavy atom. The van der Waals surface area contributed by atoms with E-state index in [-0.39, 0.29) is 0 Å². The van der Waals surface area contributed by atoms with Crippen molar-refractivity contribution in [3.63, 3.8) is 0 Å². The molecule has 1 aromatic rings. The van der Waals surface area contributed by atoms with Crippen LogP contribution in [-0.4, -0.2) is 25.6 Å². The topological polar surface area (TPSA) is 27.7 Å². The van der Waals surface area contributed by atoms with Crippen LogP contribution in [0.1, 0.15) is 33.3 Å². The zero-order valence-electron chi connectivity index (χ0n) is 12.9. The van der Waals surface area contributed by atoms with Gasteiger partial charge >= 0.3 is 0 Å². The lowest BCUT2D eigenvalue weighted by atomic mass is 10.0. The van der Waals surface area contributed by atoms with Gasteiger partial charge in [0.2, 0.25) is 5.75 Å². The minimum atomic E-state index is 0.491. The zero-order valence-corrected chi connectivity index (χ0v) is 13.8. The lowest BCUT2D eigenvalue weighted by molar-refractivity contribution is 0.258. The molecule has 1 aromatic carbocycles. The van der Waals surface area contributed by atoms with Crippen LogP contribution < -0.4 is 14.2 Å². The smallest absolute Gasteiger partial charge is 0.203 e. The lowest BCUT2D eigenvalue weighted by Crippen LogP contribution is -2.08. The molecule has 0 amide bonds. The highest BCUT2D eigenvalue weighted by molar-refractivity contribution is 7.80. The van der Waals surface area contributed by atoms with Crippen molar-refractivity contribution in [3.05, 3.63) is 17.7 Å². The van der Waals surface area contributed by atoms with Crippen molar-refractivity contribution >= 4 is 12.6 Å². The van der Waals surface area contributed by atoms with Gasteiger partial charge in [0.05, 0.1) is 19.8 Å². The Labute approximate surface area is 128 Å². The highest BCUT2D eigenvalue weighted by atomic mass is 32.1. The molecule has 4 heteroatoms. The molecule has 20 heavy (non-hydrogen) atoms. The minimum absolute atomic E-state index is 0.491. The molecule has 0 aliphatic carbocycles. The van der Waals surface area contributed by atoms with E-state index in [4.69, 9.17) is 14.2 Å². The molecule has 0 aliphatic heterocycles. The highest BCUT2D eigenvalue weighted by Crippen LogP contribution is 2.41. The van der Waals surface area contributed by atoms with Gasteiger partial charge < -0.3 is 14.2 Å². The van der Waals surface area contributed by atoms with Crippen molar-refractivity contribution in [1.82, 2.24) is 0 Å². The summed E-state index contributed by atoms with van der Waals surface area (Å²) in [5, 5.41) is 0. The van der Waals surface area contributed by atoms with Gasteiger partial charge in [-0.1, -0.05) is 13.0 Å². The molecule has 0 saturated heterocycles. The van der Waals surface area contributed by atoms with E-state index >= 15 is 0 Å². The first kappa shape index (κ1) is 17.0. The van der Waals surface area contributed by atoms with Gasteiger partial charge in [0.25, 0.3) is 0 Å². The van der Waals surface area contributed by atoms with Crippen molar-refractivity contribution in [2.24, 2.45) is 5.92 Å². The molecular formula is C16H26O3S. The summed E-state index contributed by atoms with van der Waals surface area (Å²) in [6.07, 6.45) is 0.922. The van der Waals surface area contributed by atoms with Crippen LogP contribution in [0.15, 0.2) is 12.1 Å². The molecule has 0 spiro atoms. The van der Waals surface area contributed by atoms with Crippen LogP contribution in [0.5, 0.6) is 17.2 Å². The predicted octanol–water partition coefficient (Wildman–Crippen LogP) is 3.99. The maximum atomic E-state index is 5.82. The van der Waals surface area contributed by atoms with Crippen molar-refractivity contribution in [2.45, 2.75) is 34.1 Å². The first-order chi connectivity index (χ1) is 9.67. The molecule has 3 nitrogen and oxygen atoms in total. The second kappa shape index (κ2) is 9.01. The molecule has 1 rings (SSSR count). The molecule has 0 radical (unpaired) electrons. The van der Waals surface area contributed by atoms with Gasteiger partial charge in [0.1, 0.15) is 0 Å². The molecule has 0 aromatic heterocycles. The summed E-state index contributed by atoms with van der Waals surface area (Å²) < 4.78 is 17.2. The van der Waals surface area contributed by atoms with Crippen LogP contribution >= 0.6 is 12.6 Å². The fourth-order valence-electron chi connectivity index (χ4n) is 2.04. The molecule has 0 aliphatic rings. The average molecular weight is 298 g/mol. The number of hydrogen-bond donors (Lipinski definition) is 1. The number of thiol groups is 1. The van der Waals surface area contributed by atoms with E-state index in [1.54, 1.807) is 0 Å². The Bertz CT molecular complexity index is 407. The van der Waals surface area contributed by atoms with Crippen LogP contribution in [0, 0.1) is 5.92 Å². The molecular weight excluding hydrogens is 272 g/mol. The van der Waals surface area contributed by atoms with Crippen LogP contribution in [0.3, 0.4) is 0 Å². The maximum Gasteiger partial charge on any atom is 0.203 e. The largest absolute Gasteiger partial charge is 0.490 e. The lowest BCUT2D eigenvalue weighted by Gasteiger charge is -2.19. The Hall–Kier alpha value is -1.03. The molecule has 1 atom stereocenters. The quantitative estimate of drug-likeness (QED) is 0.699. The Morgan fingerprint density at radius 1 is 0.950 bits per heavy atom. The molecule has 0 N–H and O–H groups in total. The van der Waals surface area contributed by atoms with E-state index in [1.165, 1.54) is 0 Å². The molecule has 1 unspecified atom stereocenters. The highest BCUT2D eigenvalue weighted by Gasteiger charge is 2.18. The third-order valence-electron chi connectivity index (χ3n) is 2.91. The van der Waals surface area contributed by atoms with E-state index in [9.17, 15) is 0 Å². The monoisotopic (exact) mass is 298 g/mol. The van der Waals surface area contributed by atoms with Crippen molar-refractivity contribution < 1.29 is 14.2 Å². The standard InChI is InChI=1S/C16H26O3S/c1-5-17-14-9-8-13(10-12(4)11-20)15(18-6-2)16(14)19-7-3/h8-9,12,20H,5-7,10-11H2,1-4H3. The van der Waals surface area contributed by atoms with E-state index in [1.807, 2.05) is 26.8 Å². The van der Waals surface area contributed by atoms with Crippen LogP contribution in [0.4, 0.5) is 0 Å². The summed E-state index contributed by atoms with van der Waals surface area (Å²) in [6, 6.07) is 4.04. The van der Waals surface area contributed by atoms with Gasteiger partial charge in [-0.2, -0.15) is 12.6 Å². The Morgan fingerprint density at radius 2 is 1.55 bits per heavy atom. The molecule has 0 heterocycles. The minimum Gasteiger partial charge on any atom is -0.490 e. The number of rotatable bonds is 9. The average Bonchev–Trinajstić information content (AvgIpc) is 2.45. The Balaban J connectivity index is 3.19. The predicted molar refractivity (Wildman–Crippen MR) is 86.7 cm³/mol. The van der Waals surface area contributed by atoms with E-state index in [0.717, 1.165) is 35.0 Å². The first-order valence-corrected chi connectivity index (χ1v) is 7.96. The van der Waals surface area contributed by atoms with Gasteiger partial charge in [-0.25, -0.2) is 0 Å². The Kier molecular flexibility index (Phi) is 7.67. The molecule has 114 valence electrons. The summed E-state index contributed by atoms with van der Waals surface area (Å²) in [5.41, 5.74) is 1.15. The molecule has 0 bridgehead atoms. The van der Waals surface area contributed by atoms with Gasteiger partial charge in [0, 0.05) is 0 Å². The second-order valence-corrected chi connectivity index (χ2v) is 5.04. The molecule has 0 saturated carbocycles. The molecule has 0 fully saturated rings. The van der Waals surface area contributed by atoms with Gasteiger partial charge in [-0.15, -0.1) is 0 Å². The first-order valence-electron chi connectivity index (χ1n) is 7.32. The maximum absolute atomic E-state index is 5.82. The third-order valence-corrected chi connectivity index (χ3v) is 3.54. The van der Waals surface area contributed by atoms with Crippen molar-refractivity contribution in [2.75, 3.05) is 25.6 Å². The van der Waals surface area contributed by atoms with E-state index in [0.29, 0.717) is 25.7 Å². The number of benzene rings is 1. The number of ether oxygens (including phenoxy) is 3. The fraction of sp³-hybridized carbons (Fsp3) is 0.625. The summed E-state index contributed by atoms with van der Waals surface area (Å²) in [5.74, 6) is 3.63. The van der Waals surface area contributed by atoms with Gasteiger partial charge in [0.15, 0.2) is 11.5 Å². The van der Waals surface area contributed by atoms with Crippen LogP contribution in [-0.2, 0) is 6.42 Å². The van der Waals surface area contributed by atoms with Crippen LogP contribution in [0.2, 0.25) is 0 Å². The zero-order chi connectivity index (χ0) is 15.0. The van der Waals surface area contributed by atoms with Gasteiger partial charge in [-0.05, 0) is 50.5 Å². The van der Waals surface area contributed by atoms with Crippen molar-refractivity contribution in [1.29, 1.82) is 0 Å². The second-order valence-electron chi connectivity index (χ2n) is 4.67. The van der Waals surface area contributed by atoms with E-state index < -0.39 is 0 Å². The van der Waals surface area contributed by atoms with Crippen molar-refractivity contribution in [3.8, 4) is 17.2 Å². The van der Waals surface area contributed by atoms with Crippen LogP contribution in [0.25, 0.3) is 0 Å². The van der Waals surface area contributed by atoms with Gasteiger partial charge in [-0.3, -0.25) is 0 Å². The summed E-state index contributed by atoms with van der Waals surface area (Å²) >= 11 is 4.36. The van der Waals surface area contributed by atoms with E-state index in [2.05, 4.69) is 25.6 Å².